The van der Waals surface area contributed by atoms with Gasteiger partial charge in [-0.15, -0.1) is 0 Å². The van der Waals surface area contributed by atoms with Gasteiger partial charge < -0.3 is 15.8 Å². The van der Waals surface area contributed by atoms with Crippen LogP contribution in [0, 0.1) is 0 Å². The summed E-state index contributed by atoms with van der Waals surface area (Å²) in [5.74, 6) is 0.316. The predicted molar refractivity (Wildman–Crippen MR) is 69.6 cm³/mol. The first-order valence-electron chi connectivity index (χ1n) is 5.36. The number of carbonyl (C=O) groups excluding carboxylic acids is 1. The summed E-state index contributed by atoms with van der Waals surface area (Å²) in [5, 5.41) is 2.69. The van der Waals surface area contributed by atoms with Crippen molar-refractivity contribution in [2.75, 3.05) is 18.2 Å². The summed E-state index contributed by atoms with van der Waals surface area (Å²) in [5.41, 5.74) is 7.09. The minimum Gasteiger partial charge on any atom is -0.497 e. The minimum absolute atomic E-state index is 0.310. The maximum atomic E-state index is 11.9. The average molecular weight is 243 g/mol. The Labute approximate surface area is 105 Å². The molecule has 5 heteroatoms. The summed E-state index contributed by atoms with van der Waals surface area (Å²) in [6, 6.07) is 10.2. The summed E-state index contributed by atoms with van der Waals surface area (Å²) in [6.07, 6.45) is 1.56. The number of nitrogens with zero attached hydrogens (tertiary/aromatic N) is 1. The van der Waals surface area contributed by atoms with Crippen molar-refractivity contribution >= 4 is 17.3 Å². The van der Waals surface area contributed by atoms with Crippen molar-refractivity contribution in [1.29, 1.82) is 0 Å². The molecular formula is C13H13N3O2. The molecule has 2 aromatic rings. The lowest BCUT2D eigenvalue weighted by molar-refractivity contribution is 0.102. The highest BCUT2D eigenvalue weighted by atomic mass is 16.5. The van der Waals surface area contributed by atoms with Crippen LogP contribution in [-0.2, 0) is 0 Å². The third kappa shape index (κ3) is 2.57. The van der Waals surface area contributed by atoms with E-state index in [2.05, 4.69) is 10.3 Å². The second-order valence-corrected chi connectivity index (χ2v) is 3.62. The van der Waals surface area contributed by atoms with Gasteiger partial charge in [0.05, 0.1) is 18.5 Å². The normalized spacial score (nSPS) is 9.83. The molecule has 0 saturated heterocycles. The Morgan fingerprint density at radius 2 is 2.17 bits per heavy atom. The highest BCUT2D eigenvalue weighted by Gasteiger charge is 2.09. The molecule has 1 heterocycles. The molecule has 1 aromatic heterocycles. The summed E-state index contributed by atoms with van der Waals surface area (Å²) in [7, 11) is 1.55. The van der Waals surface area contributed by atoms with Gasteiger partial charge in [0, 0.05) is 12.3 Å². The number of amides is 1. The van der Waals surface area contributed by atoms with Crippen LogP contribution in [0.3, 0.4) is 0 Å². The van der Waals surface area contributed by atoms with E-state index in [0.717, 1.165) is 0 Å². The molecule has 0 atom stereocenters. The second-order valence-electron chi connectivity index (χ2n) is 3.62. The molecule has 0 radical (unpaired) electrons. The summed E-state index contributed by atoms with van der Waals surface area (Å²) in [6.45, 7) is 0. The van der Waals surface area contributed by atoms with Crippen LogP contribution < -0.4 is 15.8 Å². The SMILES string of the molecule is COc1ccc(N)c(NC(=O)c2ccccn2)c1. The van der Waals surface area contributed by atoms with E-state index in [1.54, 1.807) is 49.7 Å². The highest BCUT2D eigenvalue weighted by Crippen LogP contribution is 2.24. The first kappa shape index (κ1) is 11.9. The van der Waals surface area contributed by atoms with E-state index in [1.165, 1.54) is 0 Å². The number of rotatable bonds is 3. The Morgan fingerprint density at radius 1 is 1.33 bits per heavy atom. The standard InChI is InChI=1S/C13H13N3O2/c1-18-9-5-6-10(14)12(8-9)16-13(17)11-4-2-3-7-15-11/h2-8H,14H2,1H3,(H,16,17). The molecule has 2 rings (SSSR count). The average Bonchev–Trinajstić information content (AvgIpc) is 2.42. The Morgan fingerprint density at radius 3 is 2.83 bits per heavy atom. The quantitative estimate of drug-likeness (QED) is 0.807. The van der Waals surface area contributed by atoms with Crippen LogP contribution >= 0.6 is 0 Å². The number of nitrogens with two attached hydrogens (primary N) is 1. The van der Waals surface area contributed by atoms with E-state index < -0.39 is 0 Å². The molecule has 18 heavy (non-hydrogen) atoms. The van der Waals surface area contributed by atoms with Gasteiger partial charge in [0.15, 0.2) is 0 Å². The van der Waals surface area contributed by atoms with Gasteiger partial charge in [-0.2, -0.15) is 0 Å². The number of carbonyl (C=O) groups is 1. The Bertz CT molecular complexity index is 555. The van der Waals surface area contributed by atoms with Crippen molar-refractivity contribution < 1.29 is 9.53 Å². The Hall–Kier alpha value is -2.56. The maximum Gasteiger partial charge on any atom is 0.274 e. The van der Waals surface area contributed by atoms with Crippen LogP contribution in [0.15, 0.2) is 42.6 Å². The molecule has 92 valence electrons. The number of pyridine rings is 1. The smallest absolute Gasteiger partial charge is 0.274 e. The first-order chi connectivity index (χ1) is 8.70. The van der Waals surface area contributed by atoms with Crippen LogP contribution in [0.25, 0.3) is 0 Å². The van der Waals surface area contributed by atoms with E-state index in [1.807, 2.05) is 0 Å². The van der Waals surface area contributed by atoms with Crippen LogP contribution in [-0.4, -0.2) is 18.0 Å². The molecule has 0 unspecified atom stereocenters. The Balaban J connectivity index is 2.21. The van der Waals surface area contributed by atoms with Crippen LogP contribution in [0.1, 0.15) is 10.5 Å². The third-order valence-corrected chi connectivity index (χ3v) is 2.41. The lowest BCUT2D eigenvalue weighted by atomic mass is 10.2. The van der Waals surface area contributed by atoms with Crippen molar-refractivity contribution in [3.63, 3.8) is 0 Å². The number of benzene rings is 1. The number of ether oxygens (including phenoxy) is 1. The lowest BCUT2D eigenvalue weighted by Crippen LogP contribution is -2.14. The van der Waals surface area contributed by atoms with E-state index in [4.69, 9.17) is 10.5 Å². The van der Waals surface area contributed by atoms with E-state index in [9.17, 15) is 4.79 Å². The van der Waals surface area contributed by atoms with Gasteiger partial charge >= 0.3 is 0 Å². The molecule has 0 saturated carbocycles. The van der Waals surface area contributed by atoms with Crippen molar-refractivity contribution in [3.8, 4) is 5.75 Å². The summed E-state index contributed by atoms with van der Waals surface area (Å²) in [4.78, 5) is 15.9. The van der Waals surface area contributed by atoms with E-state index in [0.29, 0.717) is 22.8 Å². The fourth-order valence-corrected chi connectivity index (χ4v) is 1.45. The zero-order chi connectivity index (χ0) is 13.0. The van der Waals surface area contributed by atoms with Gasteiger partial charge in [-0.1, -0.05) is 6.07 Å². The molecule has 0 fully saturated rings. The van der Waals surface area contributed by atoms with Crippen molar-refractivity contribution in [1.82, 2.24) is 4.98 Å². The molecule has 0 aliphatic carbocycles. The van der Waals surface area contributed by atoms with Crippen LogP contribution in [0.2, 0.25) is 0 Å². The monoisotopic (exact) mass is 243 g/mol. The number of nitrogens with one attached hydrogen (secondary N) is 1. The first-order valence-corrected chi connectivity index (χ1v) is 5.36. The number of methoxy groups -OCH3 is 1. The van der Waals surface area contributed by atoms with Crippen LogP contribution in [0.5, 0.6) is 5.75 Å². The van der Waals surface area contributed by atoms with E-state index in [-0.39, 0.29) is 5.91 Å². The van der Waals surface area contributed by atoms with Crippen molar-refractivity contribution in [2.24, 2.45) is 0 Å². The molecule has 0 bridgehead atoms. The fourth-order valence-electron chi connectivity index (χ4n) is 1.45. The number of hydrogen-bond acceptors (Lipinski definition) is 4. The second kappa shape index (κ2) is 5.18. The molecule has 5 nitrogen and oxygen atoms in total. The van der Waals surface area contributed by atoms with Gasteiger partial charge in [0.25, 0.3) is 5.91 Å². The van der Waals surface area contributed by atoms with E-state index >= 15 is 0 Å². The molecular weight excluding hydrogens is 230 g/mol. The topological polar surface area (TPSA) is 77.2 Å². The van der Waals surface area contributed by atoms with Gasteiger partial charge in [0.2, 0.25) is 0 Å². The highest BCUT2D eigenvalue weighted by molar-refractivity contribution is 6.04. The molecule has 0 spiro atoms. The number of nitrogen functional groups attached to an aromatic ring is 1. The zero-order valence-electron chi connectivity index (χ0n) is 9.88. The van der Waals surface area contributed by atoms with Gasteiger partial charge in [-0.25, -0.2) is 0 Å². The zero-order valence-corrected chi connectivity index (χ0v) is 9.88. The van der Waals surface area contributed by atoms with Gasteiger partial charge in [-0.05, 0) is 24.3 Å². The Kier molecular flexibility index (Phi) is 3.43. The van der Waals surface area contributed by atoms with Gasteiger partial charge in [0.1, 0.15) is 11.4 Å². The number of aromatic nitrogens is 1. The minimum atomic E-state index is -0.310. The molecule has 0 aliphatic rings. The molecule has 1 amide bonds. The summed E-state index contributed by atoms with van der Waals surface area (Å²) < 4.78 is 5.07. The predicted octanol–water partition coefficient (Wildman–Crippen LogP) is 1.92. The fraction of sp³-hybridized carbons (Fsp3) is 0.0769. The lowest BCUT2D eigenvalue weighted by Gasteiger charge is -2.09. The molecule has 1 aromatic carbocycles. The van der Waals surface area contributed by atoms with Crippen molar-refractivity contribution in [3.05, 3.63) is 48.3 Å². The molecule has 0 aliphatic heterocycles. The van der Waals surface area contributed by atoms with Crippen molar-refractivity contribution in [2.45, 2.75) is 0 Å². The van der Waals surface area contributed by atoms with Gasteiger partial charge in [-0.3, -0.25) is 9.78 Å². The summed E-state index contributed by atoms with van der Waals surface area (Å²) >= 11 is 0. The largest absolute Gasteiger partial charge is 0.497 e. The number of hydrogen-bond donors (Lipinski definition) is 2. The van der Waals surface area contributed by atoms with Crippen LogP contribution in [0.4, 0.5) is 11.4 Å². The third-order valence-electron chi connectivity index (χ3n) is 2.41. The maximum absolute atomic E-state index is 11.9. The molecule has 3 N–H and O–H groups in total. The number of anilines is 2.